The van der Waals surface area contributed by atoms with E-state index >= 15 is 0 Å². The van der Waals surface area contributed by atoms with Crippen LogP contribution < -0.4 is 5.32 Å². The molecule has 1 heterocycles. The first-order valence-corrected chi connectivity index (χ1v) is 9.15. The summed E-state index contributed by atoms with van der Waals surface area (Å²) in [4.78, 5) is 4.43. The second-order valence-corrected chi connectivity index (χ2v) is 7.17. The second kappa shape index (κ2) is 8.73. The van der Waals surface area contributed by atoms with Crippen molar-refractivity contribution >= 4 is 11.8 Å². The molecular weight excluding hydrogens is 266 g/mol. The molecular formula is C16H29N3S. The topological polar surface area (TPSA) is 29.9 Å². The van der Waals surface area contributed by atoms with Crippen LogP contribution in [0.25, 0.3) is 0 Å². The smallest absolute Gasteiger partial charge is 0.108 e. The highest BCUT2D eigenvalue weighted by Gasteiger charge is 2.16. The average Bonchev–Trinajstić information content (AvgIpc) is 2.88. The average molecular weight is 295 g/mol. The van der Waals surface area contributed by atoms with Crippen molar-refractivity contribution in [2.75, 3.05) is 12.3 Å². The van der Waals surface area contributed by atoms with E-state index in [4.69, 9.17) is 0 Å². The van der Waals surface area contributed by atoms with E-state index in [2.05, 4.69) is 40.6 Å². The van der Waals surface area contributed by atoms with Crippen molar-refractivity contribution in [1.29, 1.82) is 0 Å². The molecule has 1 saturated carbocycles. The Hall–Kier alpha value is -0.480. The molecule has 0 aromatic carbocycles. The van der Waals surface area contributed by atoms with Crippen molar-refractivity contribution in [1.82, 2.24) is 14.9 Å². The van der Waals surface area contributed by atoms with E-state index in [9.17, 15) is 0 Å². The number of hydrogen-bond acceptors (Lipinski definition) is 3. The van der Waals surface area contributed by atoms with Gasteiger partial charge < -0.3 is 9.88 Å². The number of aromatic nitrogens is 2. The Bertz CT molecular complexity index is 372. The zero-order chi connectivity index (χ0) is 14.2. The van der Waals surface area contributed by atoms with Crippen LogP contribution >= 0.6 is 11.8 Å². The number of nitrogens with zero attached hydrogens (tertiary/aromatic N) is 2. The molecule has 0 spiro atoms. The van der Waals surface area contributed by atoms with E-state index in [1.165, 1.54) is 50.1 Å². The summed E-state index contributed by atoms with van der Waals surface area (Å²) in [5.41, 5.74) is 0. The third kappa shape index (κ3) is 5.13. The van der Waals surface area contributed by atoms with E-state index in [1.807, 2.05) is 12.4 Å². The molecule has 3 nitrogen and oxygen atoms in total. The minimum atomic E-state index is 0.628. The second-order valence-electron chi connectivity index (χ2n) is 5.84. The Kier molecular flexibility index (Phi) is 6.94. The fraction of sp³-hybridized carbons (Fsp3) is 0.812. The van der Waals surface area contributed by atoms with Crippen molar-refractivity contribution in [2.45, 2.75) is 63.2 Å². The van der Waals surface area contributed by atoms with Gasteiger partial charge in [0.05, 0.1) is 0 Å². The Balaban J connectivity index is 1.73. The normalized spacial score (nSPS) is 18.3. The van der Waals surface area contributed by atoms with Crippen LogP contribution in [0.4, 0.5) is 0 Å². The molecule has 1 unspecified atom stereocenters. The molecule has 4 heteroatoms. The number of thioether (sulfide) groups is 1. The van der Waals surface area contributed by atoms with Crippen molar-refractivity contribution < 1.29 is 0 Å². The van der Waals surface area contributed by atoms with Crippen LogP contribution in [0.3, 0.4) is 0 Å². The first-order valence-electron chi connectivity index (χ1n) is 8.10. The molecule has 1 atom stereocenters. The van der Waals surface area contributed by atoms with Gasteiger partial charge in [0, 0.05) is 42.9 Å². The predicted octanol–water partition coefficient (Wildman–Crippen LogP) is 3.40. The highest BCUT2D eigenvalue weighted by molar-refractivity contribution is 7.99. The highest BCUT2D eigenvalue weighted by atomic mass is 32.2. The summed E-state index contributed by atoms with van der Waals surface area (Å²) in [6.45, 7) is 3.27. The molecule has 0 aliphatic heterocycles. The SMILES string of the molecule is CCNC(CCc1nccn1C)CSC1CCCCC1. The Morgan fingerprint density at radius 1 is 1.40 bits per heavy atom. The number of rotatable bonds is 8. The molecule has 1 fully saturated rings. The lowest BCUT2D eigenvalue weighted by molar-refractivity contribution is 0.507. The molecule has 114 valence electrons. The summed E-state index contributed by atoms with van der Waals surface area (Å²) in [6, 6.07) is 0.628. The highest BCUT2D eigenvalue weighted by Crippen LogP contribution is 2.28. The predicted molar refractivity (Wildman–Crippen MR) is 88.3 cm³/mol. The van der Waals surface area contributed by atoms with Gasteiger partial charge in [-0.3, -0.25) is 0 Å². The van der Waals surface area contributed by atoms with Crippen molar-refractivity contribution in [3.63, 3.8) is 0 Å². The fourth-order valence-electron chi connectivity index (χ4n) is 2.96. The molecule has 1 aromatic rings. The van der Waals surface area contributed by atoms with Crippen molar-refractivity contribution in [3.05, 3.63) is 18.2 Å². The third-order valence-corrected chi connectivity index (χ3v) is 5.75. The molecule has 1 N–H and O–H groups in total. The van der Waals surface area contributed by atoms with E-state index < -0.39 is 0 Å². The Morgan fingerprint density at radius 2 is 2.20 bits per heavy atom. The van der Waals surface area contributed by atoms with Gasteiger partial charge in [0.25, 0.3) is 0 Å². The van der Waals surface area contributed by atoms with Gasteiger partial charge in [-0.25, -0.2) is 4.98 Å². The standard InChI is InChI=1S/C16H29N3S/c1-3-17-14(9-10-16-18-11-12-19(16)2)13-20-15-7-5-4-6-8-15/h11-12,14-15,17H,3-10,13H2,1-2H3. The summed E-state index contributed by atoms with van der Waals surface area (Å²) >= 11 is 2.20. The molecule has 0 saturated heterocycles. The largest absolute Gasteiger partial charge is 0.338 e. The first-order chi connectivity index (χ1) is 9.79. The Morgan fingerprint density at radius 3 is 2.85 bits per heavy atom. The molecule has 2 rings (SSSR count). The molecule has 1 aliphatic carbocycles. The number of aryl methyl sites for hydroxylation is 2. The van der Waals surface area contributed by atoms with Crippen molar-refractivity contribution in [3.8, 4) is 0 Å². The molecule has 0 bridgehead atoms. The quantitative estimate of drug-likeness (QED) is 0.797. The van der Waals surface area contributed by atoms with Gasteiger partial charge in [0.1, 0.15) is 5.82 Å². The first kappa shape index (κ1) is 15.9. The van der Waals surface area contributed by atoms with Crippen LogP contribution in [0.2, 0.25) is 0 Å². The lowest BCUT2D eigenvalue weighted by Gasteiger charge is -2.24. The van der Waals surface area contributed by atoms with Gasteiger partial charge in [-0.05, 0) is 25.8 Å². The van der Waals surface area contributed by atoms with Gasteiger partial charge in [-0.1, -0.05) is 26.2 Å². The van der Waals surface area contributed by atoms with Gasteiger partial charge in [-0.15, -0.1) is 0 Å². The van der Waals surface area contributed by atoms with E-state index in [0.29, 0.717) is 6.04 Å². The number of hydrogen-bond donors (Lipinski definition) is 1. The lowest BCUT2D eigenvalue weighted by Crippen LogP contribution is -2.32. The monoisotopic (exact) mass is 295 g/mol. The third-order valence-electron chi connectivity index (χ3n) is 4.22. The summed E-state index contributed by atoms with van der Waals surface area (Å²) in [7, 11) is 2.08. The van der Waals surface area contributed by atoms with Crippen LogP contribution in [-0.4, -0.2) is 33.1 Å². The van der Waals surface area contributed by atoms with Crippen LogP contribution in [-0.2, 0) is 13.5 Å². The van der Waals surface area contributed by atoms with Gasteiger partial charge in [0.15, 0.2) is 0 Å². The maximum Gasteiger partial charge on any atom is 0.108 e. The minimum absolute atomic E-state index is 0.628. The molecule has 0 amide bonds. The van der Waals surface area contributed by atoms with Gasteiger partial charge in [0.2, 0.25) is 0 Å². The van der Waals surface area contributed by atoms with Crippen LogP contribution in [0, 0.1) is 0 Å². The molecule has 20 heavy (non-hydrogen) atoms. The molecule has 1 aliphatic rings. The molecule has 0 radical (unpaired) electrons. The fourth-order valence-corrected chi connectivity index (χ4v) is 4.41. The lowest BCUT2D eigenvalue weighted by atomic mass is 10.0. The van der Waals surface area contributed by atoms with Crippen LogP contribution in [0.1, 0.15) is 51.3 Å². The summed E-state index contributed by atoms with van der Waals surface area (Å²) in [5, 5.41) is 4.56. The maximum atomic E-state index is 4.43. The van der Waals surface area contributed by atoms with Gasteiger partial charge >= 0.3 is 0 Å². The summed E-state index contributed by atoms with van der Waals surface area (Å²) in [5.74, 6) is 2.46. The van der Waals surface area contributed by atoms with E-state index in [0.717, 1.165) is 18.2 Å². The zero-order valence-corrected chi connectivity index (χ0v) is 13.8. The van der Waals surface area contributed by atoms with Crippen molar-refractivity contribution in [2.24, 2.45) is 7.05 Å². The minimum Gasteiger partial charge on any atom is -0.338 e. The zero-order valence-electron chi connectivity index (χ0n) is 13.0. The summed E-state index contributed by atoms with van der Waals surface area (Å²) in [6.07, 6.45) is 13.4. The summed E-state index contributed by atoms with van der Waals surface area (Å²) < 4.78 is 2.14. The van der Waals surface area contributed by atoms with E-state index in [-0.39, 0.29) is 0 Å². The van der Waals surface area contributed by atoms with Gasteiger partial charge in [-0.2, -0.15) is 11.8 Å². The van der Waals surface area contributed by atoms with Crippen LogP contribution in [0.5, 0.6) is 0 Å². The Labute approximate surface area is 127 Å². The number of imidazole rings is 1. The molecule has 1 aromatic heterocycles. The maximum absolute atomic E-state index is 4.43. The van der Waals surface area contributed by atoms with Crippen LogP contribution in [0.15, 0.2) is 12.4 Å². The van der Waals surface area contributed by atoms with E-state index in [1.54, 1.807) is 0 Å². The number of nitrogens with one attached hydrogen (secondary N) is 1.